The number of rotatable bonds is 2. The maximum Gasteiger partial charge on any atom is 0.159 e. The average Bonchev–Trinajstić information content (AvgIpc) is 1.67. The van der Waals surface area contributed by atoms with Gasteiger partial charge in [-0.1, -0.05) is 12.2 Å². The first-order valence-corrected chi connectivity index (χ1v) is 4.10. The van der Waals surface area contributed by atoms with Crippen molar-refractivity contribution in [2.75, 3.05) is 0 Å². The highest BCUT2D eigenvalue weighted by molar-refractivity contribution is 7.80. The largest absolute Gasteiger partial charge is 0.502 e. The van der Waals surface area contributed by atoms with E-state index in [9.17, 15) is 0 Å². The van der Waals surface area contributed by atoms with Crippen LogP contribution >= 0.6 is 12.2 Å². The zero-order chi connectivity index (χ0) is 6.57. The maximum absolute atomic E-state index is 8.67. The molecule has 0 aliphatic heterocycles. The van der Waals surface area contributed by atoms with Crippen molar-refractivity contribution < 1.29 is 5.11 Å². The van der Waals surface area contributed by atoms with Crippen LogP contribution in [0.4, 0.5) is 0 Å². The molecule has 0 saturated heterocycles. The third-order valence-corrected chi connectivity index (χ3v) is 2.59. The zero-order valence-corrected chi connectivity index (χ0v) is 7.90. The number of hydrogen-bond acceptors (Lipinski definition) is 1. The Hall–Kier alpha value is -0.153. The van der Waals surface area contributed by atoms with Crippen molar-refractivity contribution >= 4 is 27.5 Å². The lowest BCUT2D eigenvalue weighted by molar-refractivity contribution is 0.557. The summed E-state index contributed by atoms with van der Waals surface area (Å²) in [5.74, 6) is 0. The number of thiocarbonyl (C=S) groups is 1. The molecule has 0 aliphatic carbocycles. The van der Waals surface area contributed by atoms with E-state index in [4.69, 9.17) is 5.11 Å². The van der Waals surface area contributed by atoms with Gasteiger partial charge in [-0.3, -0.25) is 0 Å². The summed E-state index contributed by atoms with van der Waals surface area (Å²) < 4.78 is 0. The number of aliphatic hydroxyl groups excluding tert-OH is 1. The molecule has 0 saturated carbocycles. The Labute approximate surface area is 57.8 Å². The smallest absolute Gasteiger partial charge is 0.159 e. The van der Waals surface area contributed by atoms with Crippen molar-refractivity contribution in [3.63, 3.8) is 0 Å². The van der Waals surface area contributed by atoms with E-state index < -0.39 is 0 Å². The van der Waals surface area contributed by atoms with Gasteiger partial charge in [0.2, 0.25) is 0 Å². The highest BCUT2D eigenvalue weighted by Crippen LogP contribution is 2.00. The molecular weight excluding hydrogens is 136 g/mol. The lowest BCUT2D eigenvalue weighted by Crippen LogP contribution is -2.00. The van der Waals surface area contributed by atoms with E-state index in [1.54, 1.807) is 0 Å². The first-order valence-electron chi connectivity index (χ1n) is 2.54. The summed E-state index contributed by atoms with van der Waals surface area (Å²) in [4.78, 5) is 0. The SMILES string of the molecule is CC=CC([SiH3])C(O)=S. The highest BCUT2D eigenvalue weighted by Gasteiger charge is 1.98. The zero-order valence-electron chi connectivity index (χ0n) is 5.09. The van der Waals surface area contributed by atoms with Crippen LogP contribution in [0.25, 0.3) is 0 Å². The van der Waals surface area contributed by atoms with Crippen molar-refractivity contribution in [3.05, 3.63) is 12.2 Å². The monoisotopic (exact) mass is 146 g/mol. The maximum atomic E-state index is 8.67. The first-order chi connectivity index (χ1) is 3.68. The molecule has 0 aromatic heterocycles. The van der Waals surface area contributed by atoms with Crippen molar-refractivity contribution in [1.82, 2.24) is 0 Å². The van der Waals surface area contributed by atoms with E-state index in [0.717, 1.165) is 10.2 Å². The standard InChI is InChI=1S/C5H10OSSi/c1-2-3-4(8)5(6)7/h2-4H,1,8H3,(H,6,7). The van der Waals surface area contributed by atoms with Gasteiger partial charge >= 0.3 is 0 Å². The van der Waals surface area contributed by atoms with Crippen LogP contribution in [-0.4, -0.2) is 20.4 Å². The average molecular weight is 146 g/mol. The predicted octanol–water partition coefficient (Wildman–Crippen LogP) is 0.602. The summed E-state index contributed by atoms with van der Waals surface area (Å²) in [6.45, 7) is 1.92. The summed E-state index contributed by atoms with van der Waals surface area (Å²) in [5.41, 5.74) is 0.162. The summed E-state index contributed by atoms with van der Waals surface area (Å²) in [6.07, 6.45) is 3.81. The number of aliphatic hydroxyl groups is 1. The van der Waals surface area contributed by atoms with Crippen molar-refractivity contribution in [1.29, 1.82) is 0 Å². The minimum atomic E-state index is 0.120. The van der Waals surface area contributed by atoms with Crippen LogP contribution in [0.3, 0.4) is 0 Å². The van der Waals surface area contributed by atoms with Crippen LogP contribution in [0.1, 0.15) is 6.92 Å². The fourth-order valence-corrected chi connectivity index (χ4v) is 0.834. The molecule has 0 rings (SSSR count). The minimum Gasteiger partial charge on any atom is -0.502 e. The molecule has 0 aromatic rings. The fraction of sp³-hybridized carbons (Fsp3) is 0.400. The Balaban J connectivity index is 3.64. The van der Waals surface area contributed by atoms with Crippen LogP contribution < -0.4 is 0 Å². The molecule has 1 atom stereocenters. The van der Waals surface area contributed by atoms with Gasteiger partial charge in [0.05, 0.1) is 0 Å². The van der Waals surface area contributed by atoms with Crippen molar-refractivity contribution in [3.8, 4) is 0 Å². The minimum absolute atomic E-state index is 0.120. The van der Waals surface area contributed by atoms with Crippen LogP contribution in [0.15, 0.2) is 12.2 Å². The van der Waals surface area contributed by atoms with E-state index in [1.807, 2.05) is 19.1 Å². The molecule has 0 heterocycles. The molecule has 46 valence electrons. The lowest BCUT2D eigenvalue weighted by atomic mass is 10.4. The van der Waals surface area contributed by atoms with E-state index in [-0.39, 0.29) is 10.6 Å². The molecule has 1 unspecified atom stereocenters. The molecule has 0 radical (unpaired) electrons. The third-order valence-electron chi connectivity index (χ3n) is 0.871. The molecule has 3 heteroatoms. The molecule has 1 N–H and O–H groups in total. The highest BCUT2D eigenvalue weighted by atomic mass is 32.1. The third kappa shape index (κ3) is 2.93. The normalized spacial score (nSPS) is 14.6. The van der Waals surface area contributed by atoms with E-state index >= 15 is 0 Å². The summed E-state index contributed by atoms with van der Waals surface area (Å²) in [7, 11) is 0.905. The predicted molar refractivity (Wildman–Crippen MR) is 43.7 cm³/mol. The van der Waals surface area contributed by atoms with Gasteiger partial charge in [0.25, 0.3) is 0 Å². The second-order valence-corrected chi connectivity index (χ2v) is 3.31. The second-order valence-electron chi connectivity index (χ2n) is 1.65. The van der Waals surface area contributed by atoms with E-state index in [1.165, 1.54) is 0 Å². The molecule has 8 heavy (non-hydrogen) atoms. The van der Waals surface area contributed by atoms with Gasteiger partial charge in [-0.05, 0) is 19.1 Å². The Morgan fingerprint density at radius 3 is 2.50 bits per heavy atom. The summed E-state index contributed by atoms with van der Waals surface area (Å²) in [6, 6.07) is 0. The fourth-order valence-electron chi connectivity index (χ4n) is 0.371. The van der Waals surface area contributed by atoms with Crippen LogP contribution in [-0.2, 0) is 0 Å². The van der Waals surface area contributed by atoms with Gasteiger partial charge in [-0.2, -0.15) is 0 Å². The molecule has 0 amide bonds. The Bertz CT molecular complexity index is 111. The van der Waals surface area contributed by atoms with Crippen LogP contribution in [0, 0.1) is 0 Å². The van der Waals surface area contributed by atoms with Gasteiger partial charge in [0, 0.05) is 15.8 Å². The summed E-state index contributed by atoms with van der Waals surface area (Å²) in [5, 5.41) is 8.79. The van der Waals surface area contributed by atoms with Crippen LogP contribution in [0.5, 0.6) is 0 Å². The van der Waals surface area contributed by atoms with E-state index in [2.05, 4.69) is 12.2 Å². The van der Waals surface area contributed by atoms with Gasteiger partial charge in [0.15, 0.2) is 5.05 Å². The van der Waals surface area contributed by atoms with Crippen molar-refractivity contribution in [2.45, 2.75) is 12.5 Å². The van der Waals surface area contributed by atoms with Gasteiger partial charge in [0.1, 0.15) is 0 Å². The van der Waals surface area contributed by atoms with Crippen LogP contribution in [0.2, 0.25) is 5.54 Å². The molecule has 0 bridgehead atoms. The molecule has 1 nitrogen and oxygen atoms in total. The molecule has 0 fully saturated rings. The quantitative estimate of drug-likeness (QED) is 0.350. The number of hydrogen-bond donors (Lipinski definition) is 1. The summed E-state index contributed by atoms with van der Waals surface area (Å²) >= 11 is 4.52. The number of allylic oxidation sites excluding steroid dienone is 1. The Kier molecular flexibility index (Phi) is 3.73. The van der Waals surface area contributed by atoms with Gasteiger partial charge < -0.3 is 5.11 Å². The lowest BCUT2D eigenvalue weighted by Gasteiger charge is -1.97. The Morgan fingerprint density at radius 2 is 2.38 bits per heavy atom. The van der Waals surface area contributed by atoms with E-state index in [0.29, 0.717) is 0 Å². The van der Waals surface area contributed by atoms with Gasteiger partial charge in [-0.25, -0.2) is 0 Å². The molecule has 0 aliphatic rings. The van der Waals surface area contributed by atoms with Gasteiger partial charge in [-0.15, -0.1) is 0 Å². The second kappa shape index (κ2) is 3.80. The first kappa shape index (κ1) is 7.85. The van der Waals surface area contributed by atoms with Crippen molar-refractivity contribution in [2.24, 2.45) is 0 Å². The molecule has 0 aromatic carbocycles. The molecular formula is C5H10OSSi. The topological polar surface area (TPSA) is 20.2 Å². The Morgan fingerprint density at radius 1 is 1.88 bits per heavy atom. The molecule has 0 spiro atoms.